The molecule has 1 aromatic carbocycles. The summed E-state index contributed by atoms with van der Waals surface area (Å²) in [6, 6.07) is 5.91. The second kappa shape index (κ2) is 6.03. The van der Waals surface area contributed by atoms with Crippen molar-refractivity contribution in [3.63, 3.8) is 0 Å². The van der Waals surface area contributed by atoms with E-state index in [1.807, 2.05) is 12.1 Å². The maximum atomic E-state index is 11.7. The van der Waals surface area contributed by atoms with Gasteiger partial charge in [-0.05, 0) is 42.5 Å². The zero-order valence-electron chi connectivity index (χ0n) is 11.4. The maximum absolute atomic E-state index is 11.7. The van der Waals surface area contributed by atoms with Gasteiger partial charge in [-0.2, -0.15) is 0 Å². The fourth-order valence-electron chi connectivity index (χ4n) is 2.45. The molecule has 1 aromatic rings. The van der Waals surface area contributed by atoms with E-state index in [1.165, 1.54) is 0 Å². The smallest absolute Gasteiger partial charge is 0.163 e. The first kappa shape index (κ1) is 13.1. The summed E-state index contributed by atoms with van der Waals surface area (Å²) in [6.07, 6.45) is 4.98. The number of Topliss-reactive ketones (excluding diaryl/α,β-unsaturated/α-hetero) is 1. The highest BCUT2D eigenvalue weighted by molar-refractivity contribution is 5.98. The highest BCUT2D eigenvalue weighted by atomic mass is 16.5. The van der Waals surface area contributed by atoms with Crippen LogP contribution in [0.25, 0.3) is 0 Å². The first-order valence-electron chi connectivity index (χ1n) is 7.03. The van der Waals surface area contributed by atoms with Crippen molar-refractivity contribution < 1.29 is 9.53 Å². The third-order valence-corrected chi connectivity index (χ3v) is 3.87. The molecule has 0 bridgehead atoms. The second-order valence-corrected chi connectivity index (χ2v) is 5.09. The molecule has 0 radical (unpaired) electrons. The number of carbonyl (C=O) groups is 1. The summed E-state index contributed by atoms with van der Waals surface area (Å²) < 4.78 is 5.84. The Morgan fingerprint density at radius 1 is 1.22 bits per heavy atom. The molecule has 0 N–H and O–H groups in total. The Balaban J connectivity index is 2.05. The molecule has 2 nitrogen and oxygen atoms in total. The monoisotopic (exact) mass is 246 g/mol. The average molecular weight is 246 g/mol. The van der Waals surface area contributed by atoms with E-state index in [1.54, 1.807) is 0 Å². The zero-order chi connectivity index (χ0) is 13.0. The average Bonchev–Trinajstić information content (AvgIpc) is 2.40. The van der Waals surface area contributed by atoms with Gasteiger partial charge >= 0.3 is 0 Å². The Morgan fingerprint density at radius 3 is 2.72 bits per heavy atom. The number of ketones is 1. The minimum Gasteiger partial charge on any atom is -0.493 e. The van der Waals surface area contributed by atoms with Gasteiger partial charge in [0.1, 0.15) is 5.75 Å². The van der Waals surface area contributed by atoms with Crippen LogP contribution in [0.1, 0.15) is 55.5 Å². The van der Waals surface area contributed by atoms with Gasteiger partial charge in [-0.1, -0.05) is 26.7 Å². The van der Waals surface area contributed by atoms with E-state index in [2.05, 4.69) is 19.9 Å². The van der Waals surface area contributed by atoms with Crippen LogP contribution in [0.3, 0.4) is 0 Å². The van der Waals surface area contributed by atoms with E-state index < -0.39 is 0 Å². The van der Waals surface area contributed by atoms with Gasteiger partial charge < -0.3 is 4.74 Å². The molecule has 0 heterocycles. The summed E-state index contributed by atoms with van der Waals surface area (Å²) in [6.45, 7) is 5.17. The molecule has 0 spiro atoms. The molecule has 98 valence electrons. The van der Waals surface area contributed by atoms with E-state index in [4.69, 9.17) is 4.74 Å². The van der Waals surface area contributed by atoms with Crippen molar-refractivity contribution in [1.82, 2.24) is 0 Å². The van der Waals surface area contributed by atoms with Crippen molar-refractivity contribution in [2.45, 2.75) is 46.0 Å². The summed E-state index contributed by atoms with van der Waals surface area (Å²) in [4.78, 5) is 11.7. The normalized spacial score (nSPS) is 14.7. The molecule has 2 heteroatoms. The lowest BCUT2D eigenvalue weighted by Crippen LogP contribution is -2.13. The maximum Gasteiger partial charge on any atom is 0.163 e. The number of ether oxygens (including phenoxy) is 1. The summed E-state index contributed by atoms with van der Waals surface area (Å²) in [5.74, 6) is 1.82. The van der Waals surface area contributed by atoms with Crippen molar-refractivity contribution >= 4 is 5.78 Å². The summed E-state index contributed by atoms with van der Waals surface area (Å²) in [5, 5.41) is 0. The van der Waals surface area contributed by atoms with E-state index in [-0.39, 0.29) is 5.78 Å². The number of aryl methyl sites for hydroxylation is 1. The topological polar surface area (TPSA) is 26.3 Å². The quantitative estimate of drug-likeness (QED) is 0.784. The van der Waals surface area contributed by atoms with Crippen LogP contribution in [0.5, 0.6) is 5.75 Å². The van der Waals surface area contributed by atoms with Gasteiger partial charge in [0.2, 0.25) is 0 Å². The van der Waals surface area contributed by atoms with Crippen LogP contribution in [0.2, 0.25) is 0 Å². The Labute approximate surface area is 109 Å². The molecule has 18 heavy (non-hydrogen) atoms. The third-order valence-electron chi connectivity index (χ3n) is 3.87. The van der Waals surface area contributed by atoms with Crippen LogP contribution in [-0.2, 0) is 6.42 Å². The van der Waals surface area contributed by atoms with Crippen LogP contribution >= 0.6 is 0 Å². The van der Waals surface area contributed by atoms with Crippen molar-refractivity contribution in [2.75, 3.05) is 6.61 Å². The van der Waals surface area contributed by atoms with Gasteiger partial charge in [-0.15, -0.1) is 0 Å². The van der Waals surface area contributed by atoms with Gasteiger partial charge in [0.25, 0.3) is 0 Å². The Morgan fingerprint density at radius 2 is 2.00 bits per heavy atom. The molecular weight excluding hydrogens is 224 g/mol. The molecule has 1 aliphatic rings. The van der Waals surface area contributed by atoms with E-state index >= 15 is 0 Å². The molecule has 0 unspecified atom stereocenters. The van der Waals surface area contributed by atoms with Gasteiger partial charge in [-0.25, -0.2) is 0 Å². The first-order valence-corrected chi connectivity index (χ1v) is 7.03. The Kier molecular flexibility index (Phi) is 4.40. The van der Waals surface area contributed by atoms with Gasteiger partial charge in [-0.3, -0.25) is 4.79 Å². The van der Waals surface area contributed by atoms with Gasteiger partial charge in [0.15, 0.2) is 5.78 Å². The summed E-state index contributed by atoms with van der Waals surface area (Å²) in [5.41, 5.74) is 2.06. The van der Waals surface area contributed by atoms with Gasteiger partial charge in [0, 0.05) is 12.0 Å². The number of rotatable bonds is 5. The molecule has 1 aliphatic carbocycles. The number of fused-ring (bicyclic) bond motifs is 1. The molecular formula is C16H22O2. The molecule has 0 aliphatic heterocycles. The predicted octanol–water partition coefficient (Wildman–Crippen LogP) is 4.02. The molecule has 0 saturated carbocycles. The predicted molar refractivity (Wildman–Crippen MR) is 73.3 cm³/mol. The van der Waals surface area contributed by atoms with Crippen molar-refractivity contribution in [2.24, 2.45) is 5.92 Å². The Hall–Kier alpha value is -1.31. The number of benzene rings is 1. The molecule has 0 aromatic heterocycles. The highest BCUT2D eigenvalue weighted by Gasteiger charge is 2.17. The summed E-state index contributed by atoms with van der Waals surface area (Å²) in [7, 11) is 0. The SMILES string of the molecule is CCC(CC)COc1ccc2c(c1)CCCC2=O. The van der Waals surface area contributed by atoms with Crippen LogP contribution < -0.4 is 4.74 Å². The molecule has 0 atom stereocenters. The molecule has 2 rings (SSSR count). The van der Waals surface area contributed by atoms with Crippen molar-refractivity contribution in [1.29, 1.82) is 0 Å². The largest absolute Gasteiger partial charge is 0.493 e. The third kappa shape index (κ3) is 2.92. The summed E-state index contributed by atoms with van der Waals surface area (Å²) >= 11 is 0. The standard InChI is InChI=1S/C16H22O2/c1-3-12(4-2)11-18-14-8-9-15-13(10-14)6-5-7-16(15)17/h8-10,12H,3-7,11H2,1-2H3. The first-order chi connectivity index (χ1) is 8.74. The van der Waals surface area contributed by atoms with Crippen LogP contribution in [0.4, 0.5) is 0 Å². The fourth-order valence-corrected chi connectivity index (χ4v) is 2.45. The number of hydrogen-bond donors (Lipinski definition) is 0. The highest BCUT2D eigenvalue weighted by Crippen LogP contribution is 2.25. The lowest BCUT2D eigenvalue weighted by molar-refractivity contribution is 0.0972. The lowest BCUT2D eigenvalue weighted by Gasteiger charge is -2.17. The Bertz CT molecular complexity index is 419. The minimum atomic E-state index is 0.280. The van der Waals surface area contributed by atoms with Crippen LogP contribution in [0, 0.1) is 5.92 Å². The van der Waals surface area contributed by atoms with Gasteiger partial charge in [0.05, 0.1) is 6.61 Å². The van der Waals surface area contributed by atoms with Crippen molar-refractivity contribution in [3.05, 3.63) is 29.3 Å². The number of carbonyl (C=O) groups excluding carboxylic acids is 1. The minimum absolute atomic E-state index is 0.280. The number of hydrogen-bond acceptors (Lipinski definition) is 2. The van der Waals surface area contributed by atoms with E-state index in [0.29, 0.717) is 12.3 Å². The van der Waals surface area contributed by atoms with Crippen LogP contribution in [0.15, 0.2) is 18.2 Å². The van der Waals surface area contributed by atoms with E-state index in [9.17, 15) is 4.79 Å². The zero-order valence-corrected chi connectivity index (χ0v) is 11.4. The van der Waals surface area contributed by atoms with Crippen LogP contribution in [-0.4, -0.2) is 12.4 Å². The molecule has 0 amide bonds. The fraction of sp³-hybridized carbons (Fsp3) is 0.562. The lowest BCUT2D eigenvalue weighted by atomic mass is 9.90. The second-order valence-electron chi connectivity index (χ2n) is 5.09. The molecule has 0 saturated heterocycles. The molecule has 0 fully saturated rings. The van der Waals surface area contributed by atoms with Crippen molar-refractivity contribution in [3.8, 4) is 5.75 Å². The van der Waals surface area contributed by atoms with E-state index in [0.717, 1.165) is 49.2 Å².